The summed E-state index contributed by atoms with van der Waals surface area (Å²) in [4.78, 5) is 11.3. The molecule has 0 saturated carbocycles. The van der Waals surface area contributed by atoms with E-state index in [2.05, 4.69) is 0 Å². The SMILES string of the molecule is O=C(O)C(CC[Se]c1ccccc1)Oc1ccc(C(F)(F)F)cc1. The molecule has 0 fully saturated rings. The molecule has 2 aromatic carbocycles. The molecule has 128 valence electrons. The third-order valence-electron chi connectivity index (χ3n) is 3.13. The van der Waals surface area contributed by atoms with Crippen molar-refractivity contribution < 1.29 is 27.8 Å². The Balaban J connectivity index is 1.92. The molecule has 0 aliphatic rings. The van der Waals surface area contributed by atoms with E-state index in [0.29, 0.717) is 11.7 Å². The number of carbonyl (C=O) groups is 1. The average molecular weight is 403 g/mol. The maximum absolute atomic E-state index is 12.5. The summed E-state index contributed by atoms with van der Waals surface area (Å²) in [6.07, 6.45) is -5.21. The number of hydrogen-bond acceptors (Lipinski definition) is 2. The minimum atomic E-state index is -4.43. The molecule has 1 unspecified atom stereocenters. The topological polar surface area (TPSA) is 46.5 Å². The predicted octanol–water partition coefficient (Wildman–Crippen LogP) is 3.38. The van der Waals surface area contributed by atoms with Crippen molar-refractivity contribution in [3.8, 4) is 5.75 Å². The second-order valence-electron chi connectivity index (χ2n) is 4.92. The maximum atomic E-state index is 12.5. The number of aliphatic carboxylic acids is 1. The molecule has 0 aromatic heterocycles. The fourth-order valence-electron chi connectivity index (χ4n) is 1.92. The molecule has 2 aromatic rings. The molecule has 0 radical (unpaired) electrons. The van der Waals surface area contributed by atoms with Gasteiger partial charge < -0.3 is 0 Å². The first kappa shape index (κ1) is 18.4. The van der Waals surface area contributed by atoms with Gasteiger partial charge in [-0.05, 0) is 0 Å². The van der Waals surface area contributed by atoms with Gasteiger partial charge in [-0.3, -0.25) is 0 Å². The molecule has 1 atom stereocenters. The molecule has 7 heteroatoms. The van der Waals surface area contributed by atoms with Crippen LogP contribution in [0.3, 0.4) is 0 Å². The Morgan fingerprint density at radius 2 is 1.71 bits per heavy atom. The second kappa shape index (κ2) is 8.22. The number of rotatable bonds is 7. The molecule has 1 N–H and O–H groups in total. The van der Waals surface area contributed by atoms with Crippen LogP contribution in [0.1, 0.15) is 12.0 Å². The van der Waals surface area contributed by atoms with Crippen LogP contribution in [-0.2, 0) is 11.0 Å². The standard InChI is InChI=1S/C17H15F3O3Se/c18-17(19,20)12-6-8-13(9-7-12)23-15(16(21)22)10-11-24-14-4-2-1-3-5-14/h1-9,15H,10-11H2,(H,21,22). The third kappa shape index (κ3) is 5.58. The number of ether oxygens (including phenoxy) is 1. The van der Waals surface area contributed by atoms with Crippen molar-refractivity contribution in [1.82, 2.24) is 0 Å². The molecule has 3 nitrogen and oxygen atoms in total. The molecule has 0 aliphatic heterocycles. The Labute approximate surface area is 143 Å². The Hall–Kier alpha value is -1.98. The van der Waals surface area contributed by atoms with Gasteiger partial charge in [0.05, 0.1) is 0 Å². The van der Waals surface area contributed by atoms with E-state index in [1.807, 2.05) is 30.3 Å². The Kier molecular flexibility index (Phi) is 6.29. The van der Waals surface area contributed by atoms with Gasteiger partial charge in [0.1, 0.15) is 0 Å². The van der Waals surface area contributed by atoms with Crippen LogP contribution in [0.2, 0.25) is 5.32 Å². The van der Waals surface area contributed by atoms with Gasteiger partial charge in [-0.25, -0.2) is 0 Å². The quantitative estimate of drug-likeness (QED) is 0.722. The zero-order valence-corrected chi connectivity index (χ0v) is 14.2. The Morgan fingerprint density at radius 1 is 1.08 bits per heavy atom. The molecule has 0 aliphatic carbocycles. The number of carboxylic acid groups (broad SMARTS) is 1. The van der Waals surface area contributed by atoms with Crippen LogP contribution in [0.25, 0.3) is 0 Å². The van der Waals surface area contributed by atoms with Gasteiger partial charge in [0, 0.05) is 0 Å². The van der Waals surface area contributed by atoms with Crippen LogP contribution in [0.4, 0.5) is 13.2 Å². The van der Waals surface area contributed by atoms with Crippen molar-refractivity contribution in [3.63, 3.8) is 0 Å². The van der Waals surface area contributed by atoms with E-state index in [1.54, 1.807) is 0 Å². The van der Waals surface area contributed by atoms with Crippen LogP contribution in [0.5, 0.6) is 5.75 Å². The van der Waals surface area contributed by atoms with E-state index in [-0.39, 0.29) is 20.7 Å². The number of benzene rings is 2. The predicted molar refractivity (Wildman–Crippen MR) is 84.7 cm³/mol. The summed E-state index contributed by atoms with van der Waals surface area (Å²) >= 11 is 0.123. The summed E-state index contributed by atoms with van der Waals surface area (Å²) in [7, 11) is 0. The van der Waals surface area contributed by atoms with Gasteiger partial charge in [-0.2, -0.15) is 0 Å². The minimum absolute atomic E-state index is 0.114. The van der Waals surface area contributed by atoms with E-state index in [4.69, 9.17) is 4.74 Å². The Bertz CT molecular complexity index is 657. The normalized spacial score (nSPS) is 12.6. The van der Waals surface area contributed by atoms with Crippen LogP contribution < -0.4 is 9.20 Å². The van der Waals surface area contributed by atoms with Crippen molar-refractivity contribution >= 4 is 25.4 Å². The summed E-state index contributed by atoms with van der Waals surface area (Å²) in [5.41, 5.74) is -0.797. The molecule has 0 spiro atoms. The first-order chi connectivity index (χ1) is 11.4. The molecule has 2 rings (SSSR count). The van der Waals surface area contributed by atoms with Crippen molar-refractivity contribution in [2.24, 2.45) is 0 Å². The fourth-order valence-corrected chi connectivity index (χ4v) is 3.84. The van der Waals surface area contributed by atoms with E-state index >= 15 is 0 Å². The second-order valence-corrected chi connectivity index (χ2v) is 7.37. The van der Waals surface area contributed by atoms with E-state index in [0.717, 1.165) is 28.7 Å². The molecular weight excluding hydrogens is 388 g/mol. The van der Waals surface area contributed by atoms with Crippen molar-refractivity contribution in [3.05, 3.63) is 60.2 Å². The fraction of sp³-hybridized carbons (Fsp3) is 0.235. The number of hydrogen-bond donors (Lipinski definition) is 1. The van der Waals surface area contributed by atoms with Crippen molar-refractivity contribution in [2.75, 3.05) is 0 Å². The summed E-state index contributed by atoms with van der Waals surface area (Å²) in [5, 5.41) is 9.88. The van der Waals surface area contributed by atoms with Crippen LogP contribution in [0.15, 0.2) is 54.6 Å². The summed E-state index contributed by atoms with van der Waals surface area (Å²) in [6.45, 7) is 0. The van der Waals surface area contributed by atoms with Crippen molar-refractivity contribution in [2.45, 2.75) is 24.0 Å². The van der Waals surface area contributed by atoms with Gasteiger partial charge in [0.2, 0.25) is 0 Å². The number of halogens is 3. The van der Waals surface area contributed by atoms with Gasteiger partial charge in [0.15, 0.2) is 0 Å². The summed E-state index contributed by atoms with van der Waals surface area (Å²) in [6, 6.07) is 13.7. The molecule has 0 amide bonds. The van der Waals surface area contributed by atoms with E-state index < -0.39 is 23.8 Å². The average Bonchev–Trinajstić information content (AvgIpc) is 2.54. The molecule has 0 bridgehead atoms. The van der Waals surface area contributed by atoms with Crippen molar-refractivity contribution in [1.29, 1.82) is 0 Å². The van der Waals surface area contributed by atoms with Crippen LogP contribution >= 0.6 is 0 Å². The molecule has 0 heterocycles. The number of alkyl halides is 3. The summed E-state index contributed by atoms with van der Waals surface area (Å²) < 4.78 is 44.0. The van der Waals surface area contributed by atoms with Crippen LogP contribution in [0, 0.1) is 0 Å². The van der Waals surface area contributed by atoms with Gasteiger partial charge in [-0.15, -0.1) is 0 Å². The van der Waals surface area contributed by atoms with E-state index in [9.17, 15) is 23.1 Å². The summed E-state index contributed by atoms with van der Waals surface area (Å²) in [5.74, 6) is -1.01. The van der Waals surface area contributed by atoms with Gasteiger partial charge in [0.25, 0.3) is 0 Å². The zero-order valence-electron chi connectivity index (χ0n) is 12.5. The zero-order chi connectivity index (χ0) is 17.6. The monoisotopic (exact) mass is 404 g/mol. The third-order valence-corrected chi connectivity index (χ3v) is 5.32. The first-order valence-electron chi connectivity index (χ1n) is 7.11. The van der Waals surface area contributed by atoms with E-state index in [1.165, 1.54) is 0 Å². The first-order valence-corrected chi connectivity index (χ1v) is 9.17. The number of carboxylic acids is 1. The Morgan fingerprint density at radius 3 is 2.25 bits per heavy atom. The molecular formula is C17H15F3O3Se. The molecule has 24 heavy (non-hydrogen) atoms. The van der Waals surface area contributed by atoms with Gasteiger partial charge in [-0.1, -0.05) is 0 Å². The molecule has 0 saturated heterocycles. The van der Waals surface area contributed by atoms with Gasteiger partial charge >= 0.3 is 143 Å². The van der Waals surface area contributed by atoms with Crippen LogP contribution in [-0.4, -0.2) is 32.1 Å².